The smallest absolute Gasteiger partial charge is 0.224 e. The Hall–Kier alpha value is -1.65. The lowest BCUT2D eigenvalue weighted by Gasteiger charge is -2.01. The van der Waals surface area contributed by atoms with E-state index in [1.807, 2.05) is 0 Å². The highest BCUT2D eigenvalue weighted by molar-refractivity contribution is 5.69. The molecule has 1 aliphatic rings. The molecule has 5 heteroatoms. The van der Waals surface area contributed by atoms with Crippen molar-refractivity contribution in [2.75, 3.05) is 11.9 Å². The molecule has 1 fully saturated rings. The van der Waals surface area contributed by atoms with Gasteiger partial charge in [-0.1, -0.05) is 0 Å². The summed E-state index contributed by atoms with van der Waals surface area (Å²) in [5.41, 5.74) is 1.60. The summed E-state index contributed by atoms with van der Waals surface area (Å²) in [6.45, 7) is 0.982. The van der Waals surface area contributed by atoms with E-state index in [0.717, 1.165) is 23.6 Å². The van der Waals surface area contributed by atoms with Crippen LogP contribution >= 0.6 is 0 Å². The van der Waals surface area contributed by atoms with Gasteiger partial charge < -0.3 is 10.3 Å². The fraction of sp³-hybridized carbons (Fsp3) is 0.444. The average molecular weight is 189 g/mol. The summed E-state index contributed by atoms with van der Waals surface area (Å²) in [6.07, 6.45) is 6.05. The molecular formula is C9H11N5. The number of anilines is 1. The quantitative estimate of drug-likeness (QED) is 0.760. The molecule has 0 saturated heterocycles. The third-order valence-corrected chi connectivity index (χ3v) is 2.42. The largest absolute Gasteiger partial charge is 0.354 e. The number of H-pyrrole nitrogens is 1. The standard InChI is InChI=1S/C9H11N5/c1-2-6(1)3-10-9-11-4-7-8(14-9)13-5-12-7/h4-6H,1-3H2,(H2,10,11,12,13,14). The van der Waals surface area contributed by atoms with Crippen molar-refractivity contribution in [2.24, 2.45) is 5.92 Å². The summed E-state index contributed by atoms with van der Waals surface area (Å²) < 4.78 is 0. The van der Waals surface area contributed by atoms with Crippen LogP contribution < -0.4 is 5.32 Å². The molecule has 0 aliphatic heterocycles. The Morgan fingerprint density at radius 1 is 1.43 bits per heavy atom. The predicted molar refractivity (Wildman–Crippen MR) is 52.9 cm³/mol. The number of aromatic nitrogens is 4. The van der Waals surface area contributed by atoms with Gasteiger partial charge >= 0.3 is 0 Å². The van der Waals surface area contributed by atoms with E-state index in [4.69, 9.17) is 0 Å². The van der Waals surface area contributed by atoms with Gasteiger partial charge in [-0.25, -0.2) is 9.97 Å². The molecule has 14 heavy (non-hydrogen) atoms. The molecule has 2 aromatic heterocycles. The SMILES string of the molecule is c1nc2nc(NCC3CC3)ncc2[nH]1. The van der Waals surface area contributed by atoms with E-state index >= 15 is 0 Å². The molecule has 2 heterocycles. The summed E-state index contributed by atoms with van der Waals surface area (Å²) in [5, 5.41) is 3.21. The van der Waals surface area contributed by atoms with Crippen molar-refractivity contribution in [1.82, 2.24) is 19.9 Å². The molecule has 72 valence electrons. The van der Waals surface area contributed by atoms with Crippen molar-refractivity contribution in [3.63, 3.8) is 0 Å². The molecule has 0 atom stereocenters. The molecule has 0 aromatic carbocycles. The van der Waals surface area contributed by atoms with Gasteiger partial charge in [0.05, 0.1) is 12.5 Å². The van der Waals surface area contributed by atoms with Crippen LogP contribution in [0.25, 0.3) is 11.2 Å². The van der Waals surface area contributed by atoms with Crippen molar-refractivity contribution < 1.29 is 0 Å². The molecule has 0 radical (unpaired) electrons. The van der Waals surface area contributed by atoms with E-state index < -0.39 is 0 Å². The van der Waals surface area contributed by atoms with Crippen LogP contribution in [0.2, 0.25) is 0 Å². The molecular weight excluding hydrogens is 178 g/mol. The van der Waals surface area contributed by atoms with Crippen LogP contribution in [-0.4, -0.2) is 26.5 Å². The van der Waals surface area contributed by atoms with E-state index in [2.05, 4.69) is 25.3 Å². The highest BCUT2D eigenvalue weighted by Crippen LogP contribution is 2.28. The third kappa shape index (κ3) is 1.41. The van der Waals surface area contributed by atoms with Gasteiger partial charge in [0.15, 0.2) is 5.65 Å². The van der Waals surface area contributed by atoms with E-state index in [9.17, 15) is 0 Å². The second kappa shape index (κ2) is 2.94. The number of hydrogen-bond donors (Lipinski definition) is 2. The van der Waals surface area contributed by atoms with E-state index in [-0.39, 0.29) is 0 Å². The number of aromatic amines is 1. The Kier molecular flexibility index (Phi) is 1.62. The van der Waals surface area contributed by atoms with Crippen LogP contribution in [0.4, 0.5) is 5.95 Å². The predicted octanol–water partition coefficient (Wildman–Crippen LogP) is 1.17. The minimum Gasteiger partial charge on any atom is -0.354 e. The van der Waals surface area contributed by atoms with E-state index in [1.54, 1.807) is 12.5 Å². The second-order valence-electron chi connectivity index (χ2n) is 3.66. The van der Waals surface area contributed by atoms with Crippen LogP contribution in [-0.2, 0) is 0 Å². The van der Waals surface area contributed by atoms with E-state index in [0.29, 0.717) is 5.95 Å². The minimum atomic E-state index is 0.677. The minimum absolute atomic E-state index is 0.677. The van der Waals surface area contributed by atoms with Gasteiger partial charge in [-0.15, -0.1) is 0 Å². The van der Waals surface area contributed by atoms with Crippen LogP contribution in [0.5, 0.6) is 0 Å². The molecule has 3 rings (SSSR count). The first-order chi connectivity index (χ1) is 6.92. The summed E-state index contributed by atoms with van der Waals surface area (Å²) >= 11 is 0. The molecule has 2 N–H and O–H groups in total. The Bertz CT molecular complexity index is 445. The molecule has 2 aromatic rings. The van der Waals surface area contributed by atoms with Gasteiger partial charge in [0, 0.05) is 6.54 Å². The van der Waals surface area contributed by atoms with Crippen molar-refractivity contribution in [3.8, 4) is 0 Å². The summed E-state index contributed by atoms with van der Waals surface area (Å²) in [7, 11) is 0. The van der Waals surface area contributed by atoms with Crippen LogP contribution in [0.15, 0.2) is 12.5 Å². The molecule has 5 nitrogen and oxygen atoms in total. The second-order valence-corrected chi connectivity index (χ2v) is 3.66. The Labute approximate surface area is 81.0 Å². The normalized spacial score (nSPS) is 16.0. The van der Waals surface area contributed by atoms with Crippen LogP contribution in [0.1, 0.15) is 12.8 Å². The summed E-state index contributed by atoms with van der Waals surface area (Å²) in [6, 6.07) is 0. The number of hydrogen-bond acceptors (Lipinski definition) is 4. The van der Waals surface area contributed by atoms with Gasteiger partial charge in [0.1, 0.15) is 5.52 Å². The highest BCUT2D eigenvalue weighted by Gasteiger charge is 2.20. The van der Waals surface area contributed by atoms with Crippen LogP contribution in [0.3, 0.4) is 0 Å². The Morgan fingerprint density at radius 2 is 2.36 bits per heavy atom. The fourth-order valence-corrected chi connectivity index (χ4v) is 1.38. The molecule has 0 bridgehead atoms. The first kappa shape index (κ1) is 7.73. The number of rotatable bonds is 3. The Morgan fingerprint density at radius 3 is 3.21 bits per heavy atom. The van der Waals surface area contributed by atoms with Gasteiger partial charge in [-0.3, -0.25) is 0 Å². The number of nitrogens with zero attached hydrogens (tertiary/aromatic N) is 3. The molecule has 1 aliphatic carbocycles. The maximum atomic E-state index is 4.27. The highest BCUT2D eigenvalue weighted by atomic mass is 15.1. The van der Waals surface area contributed by atoms with Crippen molar-refractivity contribution >= 4 is 17.1 Å². The van der Waals surface area contributed by atoms with Gasteiger partial charge in [-0.2, -0.15) is 4.98 Å². The zero-order valence-electron chi connectivity index (χ0n) is 7.70. The zero-order valence-corrected chi connectivity index (χ0v) is 7.70. The first-order valence-electron chi connectivity index (χ1n) is 4.82. The maximum absolute atomic E-state index is 4.27. The molecule has 0 spiro atoms. The lowest BCUT2D eigenvalue weighted by Crippen LogP contribution is -2.06. The number of nitrogens with one attached hydrogen (secondary N) is 2. The van der Waals surface area contributed by atoms with Gasteiger partial charge in [0.2, 0.25) is 5.95 Å². The fourth-order valence-electron chi connectivity index (χ4n) is 1.38. The van der Waals surface area contributed by atoms with Gasteiger partial charge in [0.25, 0.3) is 0 Å². The van der Waals surface area contributed by atoms with Crippen molar-refractivity contribution in [2.45, 2.75) is 12.8 Å². The third-order valence-electron chi connectivity index (χ3n) is 2.42. The zero-order chi connectivity index (χ0) is 9.38. The van der Waals surface area contributed by atoms with Crippen molar-refractivity contribution in [1.29, 1.82) is 0 Å². The average Bonchev–Trinajstić information content (AvgIpc) is 2.92. The van der Waals surface area contributed by atoms with Crippen molar-refractivity contribution in [3.05, 3.63) is 12.5 Å². The van der Waals surface area contributed by atoms with Crippen LogP contribution in [0, 0.1) is 5.92 Å². The first-order valence-corrected chi connectivity index (χ1v) is 4.82. The summed E-state index contributed by atoms with van der Waals surface area (Å²) in [5.74, 6) is 1.50. The molecule has 1 saturated carbocycles. The number of imidazole rings is 1. The monoisotopic (exact) mass is 189 g/mol. The molecule has 0 amide bonds. The Balaban J connectivity index is 1.81. The molecule has 0 unspecified atom stereocenters. The van der Waals surface area contributed by atoms with Gasteiger partial charge in [-0.05, 0) is 18.8 Å². The summed E-state index contributed by atoms with van der Waals surface area (Å²) in [4.78, 5) is 15.5. The lowest BCUT2D eigenvalue weighted by molar-refractivity contribution is 0.875. The lowest BCUT2D eigenvalue weighted by atomic mass is 10.4. The number of fused-ring (bicyclic) bond motifs is 1. The van der Waals surface area contributed by atoms with E-state index in [1.165, 1.54) is 12.8 Å². The maximum Gasteiger partial charge on any atom is 0.224 e. The topological polar surface area (TPSA) is 66.5 Å².